The number of halogens is 2. The lowest BCUT2D eigenvalue weighted by molar-refractivity contribution is -0.141. The van der Waals surface area contributed by atoms with Crippen LogP contribution in [0.1, 0.15) is 43.0 Å². The number of carbonyl (C=O) groups excluding carboxylic acids is 2. The van der Waals surface area contributed by atoms with Gasteiger partial charge in [-0.3, -0.25) is 9.59 Å². The van der Waals surface area contributed by atoms with Crippen LogP contribution in [0.2, 0.25) is 10.0 Å². The van der Waals surface area contributed by atoms with Crippen molar-refractivity contribution in [3.63, 3.8) is 0 Å². The molecule has 0 saturated heterocycles. The van der Waals surface area contributed by atoms with Crippen molar-refractivity contribution >= 4 is 35.0 Å². The fourth-order valence-electron chi connectivity index (χ4n) is 3.99. The number of carbonyl (C=O) groups is 2. The second-order valence-corrected chi connectivity index (χ2v) is 8.24. The van der Waals surface area contributed by atoms with Gasteiger partial charge in [-0.15, -0.1) is 0 Å². The van der Waals surface area contributed by atoms with Gasteiger partial charge < -0.3 is 9.80 Å². The van der Waals surface area contributed by atoms with Crippen LogP contribution in [0, 0.1) is 0 Å². The summed E-state index contributed by atoms with van der Waals surface area (Å²) in [5.74, 6) is -0.132. The fraction of sp³-hybridized carbons (Fsp3) is 0.391. The molecule has 1 heterocycles. The maximum atomic E-state index is 13.1. The number of fused-ring (bicyclic) bond motifs is 1. The number of nitrogens with zero attached hydrogens (tertiary/aromatic N) is 2. The summed E-state index contributed by atoms with van der Waals surface area (Å²) in [4.78, 5) is 28.8. The smallest absolute Gasteiger partial charge is 0.242 e. The highest BCUT2D eigenvalue weighted by atomic mass is 35.5. The fourth-order valence-corrected chi connectivity index (χ4v) is 4.59. The Morgan fingerprint density at radius 1 is 1.17 bits per heavy atom. The van der Waals surface area contributed by atoms with Crippen LogP contribution in [-0.4, -0.2) is 41.2 Å². The number of benzene rings is 2. The summed E-state index contributed by atoms with van der Waals surface area (Å²) in [5.41, 5.74) is 3.23. The summed E-state index contributed by atoms with van der Waals surface area (Å²) < 4.78 is 0. The molecule has 1 atom stereocenters. The van der Waals surface area contributed by atoms with Gasteiger partial charge in [0.2, 0.25) is 11.8 Å². The first-order valence-electron chi connectivity index (χ1n) is 9.97. The lowest BCUT2D eigenvalue weighted by Gasteiger charge is -2.38. The summed E-state index contributed by atoms with van der Waals surface area (Å²) in [6.45, 7) is 4.76. The zero-order valence-corrected chi connectivity index (χ0v) is 18.3. The first-order chi connectivity index (χ1) is 13.9. The van der Waals surface area contributed by atoms with Gasteiger partial charge in [-0.05, 0) is 48.1 Å². The van der Waals surface area contributed by atoms with Crippen LogP contribution in [0.25, 0.3) is 0 Å². The van der Waals surface area contributed by atoms with Gasteiger partial charge in [0.05, 0.1) is 12.6 Å². The SMILES string of the molecule is CCC1c2cc(Cl)cc(Cl)c2CCN1C(=O)CN(CCc1ccccc1)C(C)=O. The lowest BCUT2D eigenvalue weighted by Crippen LogP contribution is -2.46. The van der Waals surface area contributed by atoms with Crippen LogP contribution in [0.4, 0.5) is 0 Å². The molecule has 0 fully saturated rings. The number of hydrogen-bond donors (Lipinski definition) is 0. The predicted octanol–water partition coefficient (Wildman–Crippen LogP) is 4.92. The average Bonchev–Trinajstić information content (AvgIpc) is 2.70. The van der Waals surface area contributed by atoms with Crippen molar-refractivity contribution in [3.05, 3.63) is 69.2 Å². The summed E-state index contributed by atoms with van der Waals surface area (Å²) in [6, 6.07) is 13.6. The van der Waals surface area contributed by atoms with Crippen LogP contribution in [-0.2, 0) is 22.4 Å². The van der Waals surface area contributed by atoms with E-state index in [1.807, 2.05) is 48.2 Å². The van der Waals surface area contributed by atoms with Crippen LogP contribution < -0.4 is 0 Å². The van der Waals surface area contributed by atoms with Crippen LogP contribution >= 0.6 is 23.2 Å². The van der Waals surface area contributed by atoms with Crippen molar-refractivity contribution in [1.29, 1.82) is 0 Å². The average molecular weight is 433 g/mol. The van der Waals surface area contributed by atoms with E-state index >= 15 is 0 Å². The minimum absolute atomic E-state index is 0.0399. The zero-order valence-electron chi connectivity index (χ0n) is 16.8. The maximum absolute atomic E-state index is 13.1. The Kier molecular flexibility index (Phi) is 7.20. The van der Waals surface area contributed by atoms with Gasteiger partial charge in [0.1, 0.15) is 0 Å². The molecular formula is C23H26Cl2N2O2. The van der Waals surface area contributed by atoms with E-state index in [-0.39, 0.29) is 24.4 Å². The van der Waals surface area contributed by atoms with Gasteiger partial charge in [-0.2, -0.15) is 0 Å². The second-order valence-electron chi connectivity index (χ2n) is 7.39. The molecule has 1 unspecified atom stereocenters. The minimum atomic E-state index is -0.0918. The molecule has 154 valence electrons. The Labute approximate surface area is 182 Å². The molecule has 3 rings (SSSR count). The Balaban J connectivity index is 1.73. The van der Waals surface area contributed by atoms with Crippen molar-refractivity contribution in [3.8, 4) is 0 Å². The summed E-state index contributed by atoms with van der Waals surface area (Å²) in [6.07, 6.45) is 2.18. The van der Waals surface area contributed by atoms with Crippen molar-refractivity contribution in [2.45, 2.75) is 39.2 Å². The lowest BCUT2D eigenvalue weighted by atomic mass is 9.91. The third-order valence-corrected chi connectivity index (χ3v) is 6.08. The highest BCUT2D eigenvalue weighted by molar-refractivity contribution is 6.35. The van der Waals surface area contributed by atoms with Gasteiger partial charge in [-0.25, -0.2) is 0 Å². The van der Waals surface area contributed by atoms with E-state index < -0.39 is 0 Å². The second kappa shape index (κ2) is 9.64. The molecule has 0 spiro atoms. The quantitative estimate of drug-likeness (QED) is 0.649. The maximum Gasteiger partial charge on any atom is 0.242 e. The van der Waals surface area contributed by atoms with Gasteiger partial charge in [0.25, 0.3) is 0 Å². The van der Waals surface area contributed by atoms with Gasteiger partial charge >= 0.3 is 0 Å². The molecule has 2 aromatic carbocycles. The molecule has 0 N–H and O–H groups in total. The topological polar surface area (TPSA) is 40.6 Å². The van der Waals surface area contributed by atoms with Crippen LogP contribution in [0.5, 0.6) is 0 Å². The van der Waals surface area contributed by atoms with Crippen LogP contribution in [0.3, 0.4) is 0 Å². The summed E-state index contributed by atoms with van der Waals surface area (Å²) in [7, 11) is 0. The van der Waals surface area contributed by atoms with Crippen LogP contribution in [0.15, 0.2) is 42.5 Å². The van der Waals surface area contributed by atoms with Crippen molar-refractivity contribution in [2.24, 2.45) is 0 Å². The largest absolute Gasteiger partial charge is 0.334 e. The third kappa shape index (κ3) is 5.12. The predicted molar refractivity (Wildman–Crippen MR) is 117 cm³/mol. The monoisotopic (exact) mass is 432 g/mol. The molecule has 4 nitrogen and oxygen atoms in total. The van der Waals surface area contributed by atoms with Gasteiger partial charge in [0.15, 0.2) is 0 Å². The molecule has 1 aliphatic heterocycles. The Morgan fingerprint density at radius 3 is 2.55 bits per heavy atom. The number of rotatable bonds is 6. The van der Waals surface area contributed by atoms with E-state index in [0.717, 1.165) is 29.5 Å². The molecule has 1 aliphatic rings. The summed E-state index contributed by atoms with van der Waals surface area (Å²) >= 11 is 12.6. The molecule has 0 radical (unpaired) electrons. The Morgan fingerprint density at radius 2 is 1.90 bits per heavy atom. The van der Waals surface area contributed by atoms with Crippen molar-refractivity contribution in [1.82, 2.24) is 9.80 Å². The molecule has 2 amide bonds. The van der Waals surface area contributed by atoms with E-state index in [2.05, 4.69) is 0 Å². The third-order valence-electron chi connectivity index (χ3n) is 5.52. The molecule has 0 aromatic heterocycles. The van der Waals surface area contributed by atoms with Gasteiger partial charge in [-0.1, -0.05) is 60.5 Å². The first kappa shape index (κ1) is 21.7. The van der Waals surface area contributed by atoms with E-state index in [4.69, 9.17) is 23.2 Å². The molecule has 0 saturated carbocycles. The van der Waals surface area contributed by atoms with Crippen molar-refractivity contribution in [2.75, 3.05) is 19.6 Å². The Hall–Kier alpha value is -2.04. The van der Waals surface area contributed by atoms with E-state index in [0.29, 0.717) is 29.6 Å². The molecule has 0 aliphatic carbocycles. The molecule has 6 heteroatoms. The van der Waals surface area contributed by atoms with E-state index in [1.54, 1.807) is 11.0 Å². The highest BCUT2D eigenvalue weighted by Gasteiger charge is 2.32. The molecule has 0 bridgehead atoms. The van der Waals surface area contributed by atoms with Crippen molar-refractivity contribution < 1.29 is 9.59 Å². The molecule has 2 aromatic rings. The highest BCUT2D eigenvalue weighted by Crippen LogP contribution is 2.37. The van der Waals surface area contributed by atoms with Gasteiger partial charge in [0, 0.05) is 30.1 Å². The zero-order chi connectivity index (χ0) is 21.0. The standard InChI is InChI=1S/C23H26Cl2N2O2/c1-3-22-20-13-18(24)14-21(25)19(20)10-12-27(22)23(29)15-26(16(2)28)11-9-17-7-5-4-6-8-17/h4-8,13-14,22H,3,9-12,15H2,1-2H3. The Bertz CT molecular complexity index is 886. The molecule has 29 heavy (non-hydrogen) atoms. The number of hydrogen-bond acceptors (Lipinski definition) is 2. The minimum Gasteiger partial charge on any atom is -0.334 e. The molecular weight excluding hydrogens is 407 g/mol. The number of amides is 2. The summed E-state index contributed by atoms with van der Waals surface area (Å²) in [5, 5.41) is 1.24. The van der Waals surface area contributed by atoms with E-state index in [9.17, 15) is 9.59 Å². The normalized spacial score (nSPS) is 15.7. The first-order valence-corrected chi connectivity index (χ1v) is 10.7. The van der Waals surface area contributed by atoms with E-state index in [1.165, 1.54) is 6.92 Å².